The lowest BCUT2D eigenvalue weighted by Crippen LogP contribution is -2.21. The Bertz CT molecular complexity index is 812. The lowest BCUT2D eigenvalue weighted by molar-refractivity contribution is -0.114. The molecule has 4 nitrogen and oxygen atoms in total. The molecule has 0 saturated carbocycles. The van der Waals surface area contributed by atoms with Crippen molar-refractivity contribution in [2.75, 3.05) is 17.2 Å². The Balaban J connectivity index is 1.63. The molecular formula is C18H19N3OS. The molecule has 2 aromatic carbocycles. The fourth-order valence-corrected chi connectivity index (χ4v) is 3.22. The zero-order valence-corrected chi connectivity index (χ0v) is 14.0. The molecule has 5 heteroatoms. The summed E-state index contributed by atoms with van der Waals surface area (Å²) in [7, 11) is 0. The second-order valence-corrected chi connectivity index (χ2v) is 6.72. The predicted octanol–water partition coefficient (Wildman–Crippen LogP) is 4.47. The second-order valence-electron chi connectivity index (χ2n) is 5.66. The van der Waals surface area contributed by atoms with Gasteiger partial charge >= 0.3 is 0 Å². The number of anilines is 2. The topological polar surface area (TPSA) is 54.0 Å². The number of thiazole rings is 1. The SMILES string of the molecule is CC(C)c1nc2ccc(NCC(=O)Nc3ccccc3)cc2s1. The zero-order chi connectivity index (χ0) is 16.2. The molecule has 0 aliphatic carbocycles. The standard InChI is InChI=1S/C18H19N3OS/c1-12(2)18-21-15-9-8-14(10-16(15)23-18)19-11-17(22)20-13-6-4-3-5-7-13/h3-10,12,19H,11H2,1-2H3,(H,20,22). The number of benzene rings is 2. The van der Waals surface area contributed by atoms with E-state index in [-0.39, 0.29) is 12.5 Å². The number of para-hydroxylation sites is 1. The molecule has 0 fully saturated rings. The zero-order valence-electron chi connectivity index (χ0n) is 13.2. The fraction of sp³-hybridized carbons (Fsp3) is 0.222. The summed E-state index contributed by atoms with van der Waals surface area (Å²) in [5, 5.41) is 7.16. The van der Waals surface area contributed by atoms with E-state index in [0.717, 1.165) is 26.6 Å². The maximum Gasteiger partial charge on any atom is 0.243 e. The molecule has 1 amide bonds. The number of nitrogens with one attached hydrogen (secondary N) is 2. The van der Waals surface area contributed by atoms with Crippen molar-refractivity contribution < 1.29 is 4.79 Å². The molecular weight excluding hydrogens is 306 g/mol. The van der Waals surface area contributed by atoms with Gasteiger partial charge in [0.15, 0.2) is 0 Å². The number of carbonyl (C=O) groups is 1. The van der Waals surface area contributed by atoms with Crippen molar-refractivity contribution in [3.05, 3.63) is 53.5 Å². The van der Waals surface area contributed by atoms with Gasteiger partial charge in [0, 0.05) is 17.3 Å². The number of hydrogen-bond acceptors (Lipinski definition) is 4. The van der Waals surface area contributed by atoms with Crippen LogP contribution in [-0.2, 0) is 4.79 Å². The van der Waals surface area contributed by atoms with Gasteiger partial charge in [-0.3, -0.25) is 4.79 Å². The van der Waals surface area contributed by atoms with Crippen molar-refractivity contribution in [3.8, 4) is 0 Å². The van der Waals surface area contributed by atoms with Gasteiger partial charge in [0.05, 0.1) is 21.8 Å². The van der Waals surface area contributed by atoms with Gasteiger partial charge in [-0.05, 0) is 30.3 Å². The van der Waals surface area contributed by atoms with Crippen LogP contribution in [0.15, 0.2) is 48.5 Å². The van der Waals surface area contributed by atoms with E-state index >= 15 is 0 Å². The third-order valence-electron chi connectivity index (χ3n) is 3.41. The highest BCUT2D eigenvalue weighted by atomic mass is 32.1. The minimum absolute atomic E-state index is 0.0662. The van der Waals surface area contributed by atoms with E-state index in [1.54, 1.807) is 11.3 Å². The molecule has 0 atom stereocenters. The van der Waals surface area contributed by atoms with Crippen LogP contribution in [0.1, 0.15) is 24.8 Å². The van der Waals surface area contributed by atoms with Gasteiger partial charge < -0.3 is 10.6 Å². The Kier molecular flexibility index (Phi) is 4.57. The van der Waals surface area contributed by atoms with E-state index in [9.17, 15) is 4.79 Å². The summed E-state index contributed by atoms with van der Waals surface area (Å²) < 4.78 is 1.14. The first-order chi connectivity index (χ1) is 11.1. The van der Waals surface area contributed by atoms with Gasteiger partial charge in [0.25, 0.3) is 0 Å². The summed E-state index contributed by atoms with van der Waals surface area (Å²) >= 11 is 1.70. The average molecular weight is 325 g/mol. The van der Waals surface area contributed by atoms with Gasteiger partial charge in [-0.25, -0.2) is 4.98 Å². The van der Waals surface area contributed by atoms with Crippen LogP contribution in [0.25, 0.3) is 10.2 Å². The number of fused-ring (bicyclic) bond motifs is 1. The molecule has 118 valence electrons. The first kappa shape index (κ1) is 15.5. The third kappa shape index (κ3) is 3.87. The van der Waals surface area contributed by atoms with Gasteiger partial charge in [0.1, 0.15) is 0 Å². The Morgan fingerprint density at radius 2 is 1.91 bits per heavy atom. The van der Waals surface area contributed by atoms with Crippen molar-refractivity contribution in [1.82, 2.24) is 4.98 Å². The van der Waals surface area contributed by atoms with E-state index in [4.69, 9.17) is 0 Å². The quantitative estimate of drug-likeness (QED) is 0.727. The van der Waals surface area contributed by atoms with Crippen molar-refractivity contribution in [2.45, 2.75) is 19.8 Å². The highest BCUT2D eigenvalue weighted by Crippen LogP contribution is 2.29. The van der Waals surface area contributed by atoms with E-state index in [1.165, 1.54) is 0 Å². The number of carbonyl (C=O) groups excluding carboxylic acids is 1. The Morgan fingerprint density at radius 1 is 1.13 bits per heavy atom. The molecule has 0 bridgehead atoms. The van der Waals surface area contributed by atoms with Gasteiger partial charge in [-0.1, -0.05) is 32.0 Å². The Morgan fingerprint density at radius 3 is 2.65 bits per heavy atom. The molecule has 1 heterocycles. The van der Waals surface area contributed by atoms with Crippen molar-refractivity contribution in [3.63, 3.8) is 0 Å². The molecule has 0 saturated heterocycles. The molecule has 3 rings (SSSR count). The van der Waals surface area contributed by atoms with Crippen molar-refractivity contribution in [1.29, 1.82) is 0 Å². The molecule has 0 spiro atoms. The molecule has 0 unspecified atom stereocenters. The number of nitrogens with zero attached hydrogens (tertiary/aromatic N) is 1. The van der Waals surface area contributed by atoms with Crippen LogP contribution in [0.3, 0.4) is 0 Å². The molecule has 2 N–H and O–H groups in total. The van der Waals surface area contributed by atoms with Crippen LogP contribution in [0, 0.1) is 0 Å². The van der Waals surface area contributed by atoms with Gasteiger partial charge in [0.2, 0.25) is 5.91 Å². The number of amides is 1. The van der Waals surface area contributed by atoms with Crippen LogP contribution < -0.4 is 10.6 Å². The van der Waals surface area contributed by atoms with E-state index in [2.05, 4.69) is 35.5 Å². The summed E-state index contributed by atoms with van der Waals surface area (Å²) in [4.78, 5) is 16.6. The highest BCUT2D eigenvalue weighted by molar-refractivity contribution is 7.18. The van der Waals surface area contributed by atoms with Crippen molar-refractivity contribution in [2.24, 2.45) is 0 Å². The summed E-state index contributed by atoms with van der Waals surface area (Å²) in [6.45, 7) is 4.52. The minimum Gasteiger partial charge on any atom is -0.376 e. The summed E-state index contributed by atoms with van der Waals surface area (Å²) in [5.74, 6) is 0.365. The molecule has 0 aliphatic rings. The number of hydrogen-bond donors (Lipinski definition) is 2. The average Bonchev–Trinajstić information content (AvgIpc) is 2.97. The van der Waals surface area contributed by atoms with Crippen LogP contribution in [-0.4, -0.2) is 17.4 Å². The lowest BCUT2D eigenvalue weighted by Gasteiger charge is -2.07. The Labute approximate surface area is 139 Å². The fourth-order valence-electron chi connectivity index (χ4n) is 2.21. The largest absolute Gasteiger partial charge is 0.376 e. The molecule has 23 heavy (non-hydrogen) atoms. The predicted molar refractivity (Wildman–Crippen MR) is 97.3 cm³/mol. The first-order valence-corrected chi connectivity index (χ1v) is 8.43. The maximum atomic E-state index is 12.0. The highest BCUT2D eigenvalue weighted by Gasteiger charge is 2.08. The van der Waals surface area contributed by atoms with Crippen LogP contribution in [0.4, 0.5) is 11.4 Å². The minimum atomic E-state index is -0.0662. The van der Waals surface area contributed by atoms with Crippen LogP contribution in [0.5, 0.6) is 0 Å². The second kappa shape index (κ2) is 6.79. The smallest absolute Gasteiger partial charge is 0.243 e. The number of aromatic nitrogens is 1. The van der Waals surface area contributed by atoms with Crippen LogP contribution >= 0.6 is 11.3 Å². The molecule has 1 aromatic heterocycles. The molecule has 0 aliphatic heterocycles. The lowest BCUT2D eigenvalue weighted by atomic mass is 10.2. The van der Waals surface area contributed by atoms with Crippen LogP contribution in [0.2, 0.25) is 0 Å². The van der Waals surface area contributed by atoms with Crippen molar-refractivity contribution >= 4 is 38.8 Å². The maximum absolute atomic E-state index is 12.0. The van der Waals surface area contributed by atoms with E-state index < -0.39 is 0 Å². The summed E-state index contributed by atoms with van der Waals surface area (Å²) in [6, 6.07) is 15.5. The molecule has 0 radical (unpaired) electrons. The summed E-state index contributed by atoms with van der Waals surface area (Å²) in [5.41, 5.74) is 2.75. The first-order valence-electron chi connectivity index (χ1n) is 7.61. The van der Waals surface area contributed by atoms with E-state index in [0.29, 0.717) is 5.92 Å². The molecule has 3 aromatic rings. The third-order valence-corrected chi connectivity index (χ3v) is 4.73. The van der Waals surface area contributed by atoms with E-state index in [1.807, 2.05) is 42.5 Å². The normalized spacial score (nSPS) is 10.9. The monoisotopic (exact) mass is 325 g/mol. The van der Waals surface area contributed by atoms with Gasteiger partial charge in [-0.2, -0.15) is 0 Å². The Hall–Kier alpha value is -2.40. The van der Waals surface area contributed by atoms with Gasteiger partial charge in [-0.15, -0.1) is 11.3 Å². The summed E-state index contributed by atoms with van der Waals surface area (Å²) in [6.07, 6.45) is 0. The number of rotatable bonds is 5.